The van der Waals surface area contributed by atoms with Crippen LogP contribution in [0.5, 0.6) is 11.5 Å². The molecular weight excluding hydrogens is 410 g/mol. The molecule has 0 bridgehead atoms. The molecule has 162 valence electrons. The zero-order valence-electron chi connectivity index (χ0n) is 17.4. The van der Waals surface area contributed by atoms with Gasteiger partial charge >= 0.3 is 5.97 Å². The van der Waals surface area contributed by atoms with Crippen LogP contribution >= 0.6 is 0 Å². The van der Waals surface area contributed by atoms with Crippen LogP contribution in [-0.4, -0.2) is 30.9 Å². The van der Waals surface area contributed by atoms with Crippen molar-refractivity contribution in [2.75, 3.05) is 18.5 Å². The van der Waals surface area contributed by atoms with Crippen molar-refractivity contribution in [2.24, 2.45) is 0 Å². The number of ether oxygens (including phenoxy) is 3. The maximum absolute atomic E-state index is 13.1. The molecule has 32 heavy (non-hydrogen) atoms. The Labute approximate surface area is 184 Å². The molecular formula is C25H21NO6. The van der Waals surface area contributed by atoms with Gasteiger partial charge in [0, 0.05) is 16.8 Å². The third kappa shape index (κ3) is 4.78. The van der Waals surface area contributed by atoms with E-state index in [0.717, 1.165) is 0 Å². The van der Waals surface area contributed by atoms with Crippen molar-refractivity contribution in [3.05, 3.63) is 89.5 Å². The molecule has 0 aliphatic carbocycles. The number of anilines is 1. The van der Waals surface area contributed by atoms with Gasteiger partial charge in [-0.2, -0.15) is 0 Å². The molecule has 3 aromatic carbocycles. The normalized spacial score (nSPS) is 13.0. The van der Waals surface area contributed by atoms with E-state index in [2.05, 4.69) is 5.32 Å². The third-order valence-electron chi connectivity index (χ3n) is 4.88. The molecule has 0 aromatic heterocycles. The monoisotopic (exact) mass is 431 g/mol. The molecule has 0 fully saturated rings. The topological polar surface area (TPSA) is 90.9 Å². The van der Waals surface area contributed by atoms with Crippen LogP contribution in [0.15, 0.2) is 72.8 Å². The van der Waals surface area contributed by atoms with Gasteiger partial charge in [-0.05, 0) is 37.3 Å². The molecule has 7 heteroatoms. The summed E-state index contributed by atoms with van der Waals surface area (Å²) in [6.45, 7) is 2.28. The van der Waals surface area contributed by atoms with E-state index in [1.165, 1.54) is 13.0 Å². The molecule has 0 radical (unpaired) electrons. The molecule has 0 saturated carbocycles. The number of rotatable bonds is 6. The Balaban J connectivity index is 1.57. The number of Topliss-reactive ketones (excluding diaryl/α,β-unsaturated/α-hetero) is 1. The van der Waals surface area contributed by atoms with E-state index in [1.807, 2.05) is 0 Å². The molecule has 4 rings (SSSR count). The predicted molar refractivity (Wildman–Crippen MR) is 117 cm³/mol. The van der Waals surface area contributed by atoms with Gasteiger partial charge in [-0.3, -0.25) is 9.59 Å². The predicted octanol–water partition coefficient (Wildman–Crippen LogP) is 4.20. The zero-order chi connectivity index (χ0) is 22.5. The van der Waals surface area contributed by atoms with Crippen LogP contribution in [-0.2, 0) is 9.53 Å². The van der Waals surface area contributed by atoms with E-state index in [0.29, 0.717) is 41.5 Å². The van der Waals surface area contributed by atoms with Gasteiger partial charge < -0.3 is 19.5 Å². The largest absolute Gasteiger partial charge is 0.486 e. The van der Waals surface area contributed by atoms with E-state index < -0.39 is 18.0 Å². The Kier molecular flexibility index (Phi) is 6.17. The smallest absolute Gasteiger partial charge is 0.339 e. The quantitative estimate of drug-likeness (QED) is 0.465. The number of fused-ring (bicyclic) bond motifs is 1. The minimum atomic E-state index is -1.20. The fourth-order valence-corrected chi connectivity index (χ4v) is 3.27. The fourth-order valence-electron chi connectivity index (χ4n) is 3.27. The Bertz CT molecular complexity index is 1160. The minimum absolute atomic E-state index is 0.120. The van der Waals surface area contributed by atoms with Crippen molar-refractivity contribution in [1.29, 1.82) is 0 Å². The lowest BCUT2D eigenvalue weighted by Crippen LogP contribution is -2.26. The van der Waals surface area contributed by atoms with Crippen molar-refractivity contribution in [3.63, 3.8) is 0 Å². The molecule has 1 N–H and O–H groups in total. The number of esters is 1. The number of carbonyl (C=O) groups excluding carboxylic acids is 3. The van der Waals surface area contributed by atoms with Crippen LogP contribution in [0.4, 0.5) is 5.69 Å². The number of nitrogens with one attached hydrogen (secondary N) is 1. The lowest BCUT2D eigenvalue weighted by Gasteiger charge is -2.20. The van der Waals surface area contributed by atoms with E-state index in [1.54, 1.807) is 66.7 Å². The number of ketones is 1. The highest BCUT2D eigenvalue weighted by Gasteiger charge is 2.27. The number of hydrogen-bond acceptors (Lipinski definition) is 6. The second-order valence-electron chi connectivity index (χ2n) is 7.18. The number of amides is 1. The molecule has 7 nitrogen and oxygen atoms in total. The van der Waals surface area contributed by atoms with E-state index in [-0.39, 0.29) is 11.3 Å². The Hall–Kier alpha value is -4.13. The minimum Gasteiger partial charge on any atom is -0.486 e. The first-order valence-electron chi connectivity index (χ1n) is 10.1. The molecule has 0 spiro atoms. The summed E-state index contributed by atoms with van der Waals surface area (Å²) in [5, 5.41) is 2.73. The van der Waals surface area contributed by atoms with Gasteiger partial charge in [0.1, 0.15) is 13.2 Å². The molecule has 1 heterocycles. The maximum atomic E-state index is 13.1. The van der Waals surface area contributed by atoms with Crippen LogP contribution in [0.1, 0.15) is 39.3 Å². The van der Waals surface area contributed by atoms with Gasteiger partial charge in [-0.15, -0.1) is 0 Å². The highest BCUT2D eigenvalue weighted by molar-refractivity contribution is 6.00. The zero-order valence-corrected chi connectivity index (χ0v) is 17.4. The lowest BCUT2D eigenvalue weighted by molar-refractivity contribution is -0.125. The fraction of sp³-hybridized carbons (Fsp3) is 0.160. The SMILES string of the molecule is CC(=O)c1cccc(NC(=O)C(OC(=O)c2ccc3c(c2)OCCO3)c2ccccc2)c1. The highest BCUT2D eigenvalue weighted by atomic mass is 16.6. The molecule has 3 aromatic rings. The van der Waals surface area contributed by atoms with Gasteiger partial charge in [0.15, 0.2) is 17.3 Å². The summed E-state index contributed by atoms with van der Waals surface area (Å²) in [7, 11) is 0. The van der Waals surface area contributed by atoms with Crippen LogP contribution in [0.25, 0.3) is 0 Å². The summed E-state index contributed by atoms with van der Waals surface area (Å²) < 4.78 is 16.6. The number of benzene rings is 3. The highest BCUT2D eigenvalue weighted by Crippen LogP contribution is 2.31. The summed E-state index contributed by atoms with van der Waals surface area (Å²) in [5.41, 5.74) is 1.64. The summed E-state index contributed by atoms with van der Waals surface area (Å²) in [6.07, 6.45) is -1.20. The third-order valence-corrected chi connectivity index (χ3v) is 4.88. The van der Waals surface area contributed by atoms with Crippen molar-refractivity contribution in [2.45, 2.75) is 13.0 Å². The summed E-state index contributed by atoms with van der Waals surface area (Å²) in [5.74, 6) is -0.333. The summed E-state index contributed by atoms with van der Waals surface area (Å²) >= 11 is 0. The Morgan fingerprint density at radius 2 is 1.59 bits per heavy atom. The maximum Gasteiger partial charge on any atom is 0.339 e. The molecule has 1 aliphatic rings. The van der Waals surface area contributed by atoms with Crippen molar-refractivity contribution in [1.82, 2.24) is 0 Å². The standard InChI is InChI=1S/C25H21NO6/c1-16(27)18-8-5-9-20(14-18)26-24(28)23(17-6-3-2-4-7-17)32-25(29)19-10-11-21-22(15-19)31-13-12-30-21/h2-11,14-15,23H,12-13H2,1H3,(H,26,28). The summed E-state index contributed by atoms with van der Waals surface area (Å²) in [4.78, 5) is 37.6. The average Bonchev–Trinajstić information content (AvgIpc) is 2.82. The lowest BCUT2D eigenvalue weighted by atomic mass is 10.1. The van der Waals surface area contributed by atoms with Crippen LogP contribution < -0.4 is 14.8 Å². The van der Waals surface area contributed by atoms with Crippen LogP contribution in [0.2, 0.25) is 0 Å². The molecule has 1 unspecified atom stereocenters. The number of carbonyl (C=O) groups is 3. The Morgan fingerprint density at radius 3 is 2.34 bits per heavy atom. The van der Waals surface area contributed by atoms with Crippen molar-refractivity contribution in [3.8, 4) is 11.5 Å². The second kappa shape index (κ2) is 9.34. The van der Waals surface area contributed by atoms with E-state index in [4.69, 9.17) is 14.2 Å². The van der Waals surface area contributed by atoms with Crippen molar-refractivity contribution < 1.29 is 28.6 Å². The van der Waals surface area contributed by atoms with Gasteiger partial charge in [-0.1, -0.05) is 42.5 Å². The first-order valence-corrected chi connectivity index (χ1v) is 10.1. The van der Waals surface area contributed by atoms with Crippen molar-refractivity contribution >= 4 is 23.3 Å². The van der Waals surface area contributed by atoms with Gasteiger partial charge in [-0.25, -0.2) is 4.79 Å². The molecule has 0 saturated heterocycles. The van der Waals surface area contributed by atoms with E-state index >= 15 is 0 Å². The molecule has 1 aliphatic heterocycles. The molecule has 1 atom stereocenters. The Morgan fingerprint density at radius 1 is 0.844 bits per heavy atom. The second-order valence-corrected chi connectivity index (χ2v) is 7.18. The van der Waals surface area contributed by atoms with Crippen LogP contribution in [0.3, 0.4) is 0 Å². The van der Waals surface area contributed by atoms with E-state index in [9.17, 15) is 14.4 Å². The van der Waals surface area contributed by atoms with Gasteiger partial charge in [0.2, 0.25) is 6.10 Å². The first kappa shape index (κ1) is 21.1. The first-order chi connectivity index (χ1) is 15.5. The summed E-state index contributed by atoms with van der Waals surface area (Å²) in [6, 6.07) is 20.0. The average molecular weight is 431 g/mol. The van der Waals surface area contributed by atoms with Crippen LogP contribution in [0, 0.1) is 0 Å². The van der Waals surface area contributed by atoms with Gasteiger partial charge in [0.05, 0.1) is 5.56 Å². The number of hydrogen-bond donors (Lipinski definition) is 1. The van der Waals surface area contributed by atoms with Gasteiger partial charge in [0.25, 0.3) is 5.91 Å². The molecule has 1 amide bonds.